The number of para-hydroxylation sites is 1. The lowest BCUT2D eigenvalue weighted by molar-refractivity contribution is 0.660. The van der Waals surface area contributed by atoms with Crippen molar-refractivity contribution >= 4 is 28.1 Å². The van der Waals surface area contributed by atoms with Gasteiger partial charge in [0.1, 0.15) is 11.2 Å². The molecule has 0 saturated carbocycles. The lowest BCUT2D eigenvalue weighted by atomic mass is 9.73. The third-order valence-corrected chi connectivity index (χ3v) is 12.8. The Balaban J connectivity index is 1.07. The quantitative estimate of drug-likeness (QED) is 0.181. The van der Waals surface area contributed by atoms with Gasteiger partial charge in [-0.3, -0.25) is 4.57 Å². The first kappa shape index (κ1) is 31.4. The van der Waals surface area contributed by atoms with E-state index in [0.29, 0.717) is 0 Å². The summed E-state index contributed by atoms with van der Waals surface area (Å²) in [5, 5.41) is 0. The zero-order valence-corrected chi connectivity index (χ0v) is 31.2. The number of imidazole rings is 1. The molecule has 2 aliphatic carbocycles. The Kier molecular flexibility index (Phi) is 6.32. The number of anilines is 3. The Morgan fingerprint density at radius 1 is 0.429 bits per heavy atom. The first-order valence-electron chi connectivity index (χ1n) is 19.6. The van der Waals surface area contributed by atoms with E-state index in [-0.39, 0.29) is 5.41 Å². The van der Waals surface area contributed by atoms with E-state index >= 15 is 0 Å². The highest BCUT2D eigenvalue weighted by atomic mass is 15.2. The first-order chi connectivity index (χ1) is 27.5. The SMILES string of the molecule is CC1(C)c2ccccc2-c2ccc(N(c3ccc(-c4ccccc4)cc3)c3ccc4c(c3)nc3n4-c4ccccc4C34c3ccccc3-c3ccccc34)cc21. The molecule has 3 nitrogen and oxygen atoms in total. The summed E-state index contributed by atoms with van der Waals surface area (Å²) < 4.78 is 2.42. The molecule has 1 spiro atoms. The minimum absolute atomic E-state index is 0.116. The summed E-state index contributed by atoms with van der Waals surface area (Å²) in [6.45, 7) is 4.71. The highest BCUT2D eigenvalue weighted by Crippen LogP contribution is 2.60. The van der Waals surface area contributed by atoms with E-state index < -0.39 is 5.41 Å². The van der Waals surface area contributed by atoms with Gasteiger partial charge < -0.3 is 4.90 Å². The molecule has 264 valence electrons. The fourth-order valence-corrected chi connectivity index (χ4v) is 10.3. The summed E-state index contributed by atoms with van der Waals surface area (Å²) in [4.78, 5) is 8.07. The average Bonchev–Trinajstić information content (AvgIpc) is 3.93. The molecule has 3 aliphatic rings. The zero-order chi connectivity index (χ0) is 37.2. The largest absolute Gasteiger partial charge is 0.310 e. The molecule has 0 amide bonds. The average molecular weight is 716 g/mol. The Labute approximate surface area is 326 Å². The Hall–Kier alpha value is -6.97. The van der Waals surface area contributed by atoms with Crippen LogP contribution in [-0.2, 0) is 10.8 Å². The number of fused-ring (bicyclic) bond motifs is 15. The Morgan fingerprint density at radius 3 is 1.66 bits per heavy atom. The fraction of sp³-hybridized carbons (Fsp3) is 0.0755. The first-order valence-corrected chi connectivity index (χ1v) is 19.6. The second-order valence-electron chi connectivity index (χ2n) is 16.0. The molecule has 0 saturated heterocycles. The van der Waals surface area contributed by atoms with E-state index in [1.165, 1.54) is 66.9 Å². The third kappa shape index (κ3) is 4.04. The number of nitrogens with zero attached hydrogens (tertiary/aromatic N) is 3. The van der Waals surface area contributed by atoms with Crippen LogP contribution in [0.3, 0.4) is 0 Å². The van der Waals surface area contributed by atoms with Gasteiger partial charge in [-0.2, -0.15) is 0 Å². The lowest BCUT2D eigenvalue weighted by Gasteiger charge is -2.28. The van der Waals surface area contributed by atoms with Crippen molar-refractivity contribution in [3.63, 3.8) is 0 Å². The van der Waals surface area contributed by atoms with Crippen molar-refractivity contribution in [2.24, 2.45) is 0 Å². The van der Waals surface area contributed by atoms with Gasteiger partial charge >= 0.3 is 0 Å². The van der Waals surface area contributed by atoms with Crippen LogP contribution in [0.25, 0.3) is 50.1 Å². The van der Waals surface area contributed by atoms with Gasteiger partial charge in [0.2, 0.25) is 0 Å². The van der Waals surface area contributed by atoms with Crippen LogP contribution < -0.4 is 4.90 Å². The summed E-state index contributed by atoms with van der Waals surface area (Å²) in [5.74, 6) is 1.05. The van der Waals surface area contributed by atoms with Gasteiger partial charge in [0.05, 0.1) is 16.7 Å². The molecule has 2 heterocycles. The van der Waals surface area contributed by atoms with E-state index in [1.807, 2.05) is 0 Å². The fourth-order valence-electron chi connectivity index (χ4n) is 10.3. The molecule has 0 unspecified atom stereocenters. The van der Waals surface area contributed by atoms with Crippen molar-refractivity contribution in [1.29, 1.82) is 0 Å². The molecule has 0 bridgehead atoms. The summed E-state index contributed by atoms with van der Waals surface area (Å²) in [5.41, 5.74) is 20.2. The second-order valence-corrected chi connectivity index (χ2v) is 16.0. The molecular formula is C53H37N3. The van der Waals surface area contributed by atoms with Crippen molar-refractivity contribution in [2.75, 3.05) is 4.90 Å². The number of aromatic nitrogens is 2. The summed E-state index contributed by atoms with van der Waals surface area (Å²) >= 11 is 0. The smallest absolute Gasteiger partial charge is 0.134 e. The van der Waals surface area contributed by atoms with Crippen LogP contribution in [-0.4, -0.2) is 9.55 Å². The van der Waals surface area contributed by atoms with Crippen LogP contribution in [0.5, 0.6) is 0 Å². The number of rotatable bonds is 4. The van der Waals surface area contributed by atoms with Crippen molar-refractivity contribution in [1.82, 2.24) is 9.55 Å². The molecule has 8 aromatic carbocycles. The van der Waals surface area contributed by atoms with E-state index in [4.69, 9.17) is 4.98 Å². The van der Waals surface area contributed by atoms with Gasteiger partial charge in [0, 0.05) is 22.5 Å². The van der Waals surface area contributed by atoms with Gasteiger partial charge in [-0.25, -0.2) is 4.98 Å². The van der Waals surface area contributed by atoms with Crippen LogP contribution in [0.1, 0.15) is 47.5 Å². The van der Waals surface area contributed by atoms with Crippen LogP contribution in [0, 0.1) is 0 Å². The molecular weight excluding hydrogens is 679 g/mol. The van der Waals surface area contributed by atoms with Gasteiger partial charge in [-0.1, -0.05) is 153 Å². The van der Waals surface area contributed by atoms with E-state index in [0.717, 1.165) is 33.9 Å². The number of hydrogen-bond acceptors (Lipinski definition) is 2. The molecule has 0 radical (unpaired) electrons. The summed E-state index contributed by atoms with van der Waals surface area (Å²) in [7, 11) is 0. The van der Waals surface area contributed by atoms with Gasteiger partial charge in [-0.05, 0) is 110 Å². The standard InChI is InChI=1S/C53H37N3/c1-52(2)43-19-9-6-16-39(43)42-30-28-37(32-47(42)52)55(36-26-24-35(25-27-36)34-14-4-3-5-15-34)38-29-31-50-48(33-38)54-51-53(46-22-12-13-23-49(46)56(50)51)44-20-10-7-17-40(44)41-18-8-11-21-45(41)53/h3-33H,1-2H3. The van der Waals surface area contributed by atoms with Crippen LogP contribution in [0.15, 0.2) is 188 Å². The monoisotopic (exact) mass is 715 g/mol. The Morgan fingerprint density at radius 2 is 0.946 bits per heavy atom. The van der Waals surface area contributed by atoms with E-state index in [9.17, 15) is 0 Å². The minimum Gasteiger partial charge on any atom is -0.310 e. The maximum atomic E-state index is 5.67. The Bertz CT molecular complexity index is 3010. The topological polar surface area (TPSA) is 21.1 Å². The normalized spacial score (nSPS) is 14.5. The molecule has 56 heavy (non-hydrogen) atoms. The second kappa shape index (κ2) is 11.3. The number of benzene rings is 8. The minimum atomic E-state index is -0.503. The van der Waals surface area contributed by atoms with E-state index in [1.54, 1.807) is 0 Å². The predicted octanol–water partition coefficient (Wildman–Crippen LogP) is 13.1. The molecule has 3 heteroatoms. The summed E-state index contributed by atoms with van der Waals surface area (Å²) in [6.07, 6.45) is 0. The molecule has 0 N–H and O–H groups in total. The van der Waals surface area contributed by atoms with Crippen molar-refractivity contribution in [3.8, 4) is 39.1 Å². The maximum Gasteiger partial charge on any atom is 0.134 e. The van der Waals surface area contributed by atoms with Crippen molar-refractivity contribution < 1.29 is 0 Å². The maximum absolute atomic E-state index is 5.67. The van der Waals surface area contributed by atoms with Crippen LogP contribution in [0.4, 0.5) is 17.1 Å². The van der Waals surface area contributed by atoms with Crippen molar-refractivity contribution in [3.05, 3.63) is 222 Å². The molecule has 0 atom stereocenters. The molecule has 1 aliphatic heterocycles. The highest BCUT2D eigenvalue weighted by molar-refractivity contribution is 5.94. The van der Waals surface area contributed by atoms with Crippen LogP contribution >= 0.6 is 0 Å². The molecule has 1 aromatic heterocycles. The highest BCUT2D eigenvalue weighted by Gasteiger charge is 2.54. The molecule has 0 fully saturated rings. The lowest BCUT2D eigenvalue weighted by Crippen LogP contribution is -2.27. The predicted molar refractivity (Wildman–Crippen MR) is 230 cm³/mol. The van der Waals surface area contributed by atoms with Crippen LogP contribution in [0.2, 0.25) is 0 Å². The van der Waals surface area contributed by atoms with Crippen molar-refractivity contribution in [2.45, 2.75) is 24.7 Å². The van der Waals surface area contributed by atoms with Gasteiger partial charge in [0.15, 0.2) is 0 Å². The number of hydrogen-bond donors (Lipinski definition) is 0. The van der Waals surface area contributed by atoms with Gasteiger partial charge in [-0.15, -0.1) is 0 Å². The molecule has 12 rings (SSSR count). The molecule has 9 aromatic rings. The third-order valence-electron chi connectivity index (χ3n) is 12.8. The van der Waals surface area contributed by atoms with E-state index in [2.05, 4.69) is 211 Å². The van der Waals surface area contributed by atoms with Gasteiger partial charge in [0.25, 0.3) is 0 Å². The summed E-state index contributed by atoms with van der Waals surface area (Å²) in [6, 6.07) is 69.1. The zero-order valence-electron chi connectivity index (χ0n) is 31.2.